The van der Waals surface area contributed by atoms with Crippen LogP contribution in [0.2, 0.25) is 0 Å². The van der Waals surface area contributed by atoms with Gasteiger partial charge < -0.3 is 19.8 Å². The minimum absolute atomic E-state index is 0.171. The number of hydrogen-bond acceptors (Lipinski definition) is 4. The number of ether oxygens (including phenoxy) is 2. The molecule has 0 spiro atoms. The lowest BCUT2D eigenvalue weighted by molar-refractivity contribution is -0.115. The molecular weight excluding hydrogens is 426 g/mol. The van der Waals surface area contributed by atoms with Crippen LogP contribution in [0, 0.1) is 6.92 Å². The smallest absolute Gasteiger partial charge is 0.330 e. The normalized spacial score (nSPS) is 12.6. The highest BCUT2D eigenvalue weighted by Crippen LogP contribution is 2.35. The van der Waals surface area contributed by atoms with E-state index in [1.165, 1.54) is 0 Å². The highest BCUT2D eigenvalue weighted by Gasteiger charge is 2.17. The molecule has 0 bridgehead atoms. The highest BCUT2D eigenvalue weighted by atomic mass is 79.9. The van der Waals surface area contributed by atoms with Gasteiger partial charge in [-0.3, -0.25) is 9.36 Å². The van der Waals surface area contributed by atoms with Gasteiger partial charge in [-0.05, 0) is 42.8 Å². The maximum Gasteiger partial charge on any atom is 0.330 e. The SMILES string of the molecule is Cc1c[nH]c(=O)n1-c1cccc(NC(=O)Cc2cc3c(cc2Br)OCCO3)c1. The number of rotatable bonds is 4. The number of amides is 1. The molecule has 2 aromatic carbocycles. The maximum atomic E-state index is 12.6. The van der Waals surface area contributed by atoms with Gasteiger partial charge in [0.15, 0.2) is 11.5 Å². The summed E-state index contributed by atoms with van der Waals surface area (Å²) in [4.78, 5) is 27.2. The Morgan fingerprint density at radius 1 is 1.21 bits per heavy atom. The number of aromatic amines is 1. The van der Waals surface area contributed by atoms with Gasteiger partial charge in [0.05, 0.1) is 12.1 Å². The fraction of sp³-hybridized carbons (Fsp3) is 0.200. The maximum absolute atomic E-state index is 12.6. The molecule has 2 heterocycles. The summed E-state index contributed by atoms with van der Waals surface area (Å²) in [6.07, 6.45) is 1.82. The first-order valence-corrected chi connectivity index (χ1v) is 9.56. The second-order valence-corrected chi connectivity index (χ2v) is 7.29. The van der Waals surface area contributed by atoms with Crippen LogP contribution in [0.15, 0.2) is 51.9 Å². The van der Waals surface area contributed by atoms with Gasteiger partial charge in [0.25, 0.3) is 0 Å². The summed E-state index contributed by atoms with van der Waals surface area (Å²) in [5, 5.41) is 2.88. The molecule has 28 heavy (non-hydrogen) atoms. The number of aromatic nitrogens is 2. The summed E-state index contributed by atoms with van der Waals surface area (Å²) in [5.41, 5.74) is 2.66. The average molecular weight is 444 g/mol. The fourth-order valence-electron chi connectivity index (χ4n) is 3.12. The molecule has 0 unspecified atom stereocenters. The number of fused-ring (bicyclic) bond motifs is 1. The van der Waals surface area contributed by atoms with Crippen molar-refractivity contribution in [2.24, 2.45) is 0 Å². The number of H-pyrrole nitrogens is 1. The second kappa shape index (κ2) is 7.55. The molecule has 0 fully saturated rings. The monoisotopic (exact) mass is 443 g/mol. The van der Waals surface area contributed by atoms with Gasteiger partial charge in [-0.1, -0.05) is 22.0 Å². The molecule has 0 radical (unpaired) electrons. The topological polar surface area (TPSA) is 85.4 Å². The Bertz CT molecular complexity index is 1100. The zero-order valence-corrected chi connectivity index (χ0v) is 16.7. The van der Waals surface area contributed by atoms with Crippen molar-refractivity contribution in [1.82, 2.24) is 9.55 Å². The van der Waals surface area contributed by atoms with E-state index in [-0.39, 0.29) is 18.0 Å². The van der Waals surface area contributed by atoms with E-state index >= 15 is 0 Å². The zero-order valence-electron chi connectivity index (χ0n) is 15.1. The van der Waals surface area contributed by atoms with E-state index in [0.717, 1.165) is 15.7 Å². The Kier molecular flexibility index (Phi) is 4.95. The summed E-state index contributed by atoms with van der Waals surface area (Å²) < 4.78 is 13.5. The van der Waals surface area contributed by atoms with Crippen LogP contribution in [0.1, 0.15) is 11.3 Å². The number of carbonyl (C=O) groups is 1. The molecule has 7 nitrogen and oxygen atoms in total. The lowest BCUT2D eigenvalue weighted by atomic mass is 10.1. The molecule has 1 aromatic heterocycles. The summed E-state index contributed by atoms with van der Waals surface area (Å²) in [7, 11) is 0. The van der Waals surface area contributed by atoms with Crippen molar-refractivity contribution in [3.05, 3.63) is 68.8 Å². The lowest BCUT2D eigenvalue weighted by Gasteiger charge is -2.19. The Balaban J connectivity index is 1.52. The predicted molar refractivity (Wildman–Crippen MR) is 109 cm³/mol. The first kappa shape index (κ1) is 18.4. The van der Waals surface area contributed by atoms with Crippen molar-refractivity contribution in [2.75, 3.05) is 18.5 Å². The second-order valence-electron chi connectivity index (χ2n) is 6.43. The van der Waals surface area contributed by atoms with Crippen molar-refractivity contribution in [3.8, 4) is 17.2 Å². The first-order valence-electron chi connectivity index (χ1n) is 8.76. The number of carbonyl (C=O) groups excluding carboxylic acids is 1. The predicted octanol–water partition coefficient (Wildman–Crippen LogP) is 3.19. The standard InChI is InChI=1S/C20H18BrN3O4/c1-12-11-22-20(26)24(12)15-4-2-3-14(9-15)23-19(25)8-13-7-17-18(10-16(13)21)28-6-5-27-17/h2-4,7,9-11H,5-6,8H2,1H3,(H,22,26)(H,23,25). The van der Waals surface area contributed by atoms with Gasteiger partial charge in [0, 0.05) is 22.1 Å². The Morgan fingerprint density at radius 2 is 1.96 bits per heavy atom. The zero-order chi connectivity index (χ0) is 19.7. The van der Waals surface area contributed by atoms with Crippen molar-refractivity contribution in [1.29, 1.82) is 0 Å². The number of imidazole rings is 1. The Hall–Kier alpha value is -3.00. The number of anilines is 1. The quantitative estimate of drug-likeness (QED) is 0.648. The van der Waals surface area contributed by atoms with E-state index in [0.29, 0.717) is 36.1 Å². The Morgan fingerprint density at radius 3 is 2.68 bits per heavy atom. The highest BCUT2D eigenvalue weighted by molar-refractivity contribution is 9.10. The van der Waals surface area contributed by atoms with Crippen LogP contribution in [0.25, 0.3) is 5.69 Å². The van der Waals surface area contributed by atoms with Crippen molar-refractivity contribution >= 4 is 27.5 Å². The number of aryl methyl sites for hydroxylation is 1. The van der Waals surface area contributed by atoms with E-state index in [4.69, 9.17) is 9.47 Å². The van der Waals surface area contributed by atoms with Gasteiger partial charge in [-0.2, -0.15) is 0 Å². The molecule has 3 aromatic rings. The number of nitrogens with one attached hydrogen (secondary N) is 2. The molecule has 0 aliphatic carbocycles. The van der Waals surface area contributed by atoms with E-state index in [2.05, 4.69) is 26.2 Å². The van der Waals surface area contributed by atoms with E-state index in [1.807, 2.05) is 25.1 Å². The molecule has 4 rings (SSSR count). The number of hydrogen-bond donors (Lipinski definition) is 2. The third-order valence-corrected chi connectivity index (χ3v) is 5.15. The average Bonchev–Trinajstić information content (AvgIpc) is 3.01. The Labute approximate surface area is 169 Å². The van der Waals surface area contributed by atoms with Crippen molar-refractivity contribution < 1.29 is 14.3 Å². The van der Waals surface area contributed by atoms with E-state index in [1.54, 1.807) is 29.0 Å². The molecule has 1 amide bonds. The summed E-state index contributed by atoms with van der Waals surface area (Å²) in [6.45, 7) is 2.84. The van der Waals surface area contributed by atoms with Gasteiger partial charge in [-0.25, -0.2) is 4.79 Å². The first-order chi connectivity index (χ1) is 13.5. The van der Waals surface area contributed by atoms with Crippen LogP contribution in [-0.2, 0) is 11.2 Å². The number of benzene rings is 2. The molecule has 2 N–H and O–H groups in total. The third kappa shape index (κ3) is 3.68. The summed E-state index contributed by atoms with van der Waals surface area (Å²) in [6, 6.07) is 10.8. The van der Waals surface area contributed by atoms with Crippen LogP contribution >= 0.6 is 15.9 Å². The van der Waals surface area contributed by atoms with Crippen LogP contribution in [0.3, 0.4) is 0 Å². The van der Waals surface area contributed by atoms with Crippen LogP contribution in [-0.4, -0.2) is 28.7 Å². The third-order valence-electron chi connectivity index (χ3n) is 4.41. The van der Waals surface area contributed by atoms with Gasteiger partial charge in [0.2, 0.25) is 5.91 Å². The van der Waals surface area contributed by atoms with Crippen molar-refractivity contribution in [2.45, 2.75) is 13.3 Å². The van der Waals surface area contributed by atoms with Gasteiger partial charge in [0.1, 0.15) is 13.2 Å². The summed E-state index contributed by atoms with van der Waals surface area (Å²) >= 11 is 3.49. The van der Waals surface area contributed by atoms with E-state index in [9.17, 15) is 9.59 Å². The number of halogens is 1. The molecular formula is C20H18BrN3O4. The van der Waals surface area contributed by atoms with E-state index < -0.39 is 0 Å². The number of nitrogens with zero attached hydrogens (tertiary/aromatic N) is 1. The molecule has 1 aliphatic rings. The molecule has 0 atom stereocenters. The minimum atomic E-state index is -0.221. The molecule has 1 aliphatic heterocycles. The summed E-state index contributed by atoms with van der Waals surface area (Å²) in [5.74, 6) is 1.14. The fourth-order valence-corrected chi connectivity index (χ4v) is 3.58. The lowest BCUT2D eigenvalue weighted by Crippen LogP contribution is -2.18. The van der Waals surface area contributed by atoms with Crippen LogP contribution < -0.4 is 20.5 Å². The van der Waals surface area contributed by atoms with Gasteiger partial charge >= 0.3 is 5.69 Å². The van der Waals surface area contributed by atoms with Crippen LogP contribution in [0.5, 0.6) is 11.5 Å². The van der Waals surface area contributed by atoms with Crippen molar-refractivity contribution in [3.63, 3.8) is 0 Å². The molecule has 144 valence electrons. The van der Waals surface area contributed by atoms with Gasteiger partial charge in [-0.15, -0.1) is 0 Å². The largest absolute Gasteiger partial charge is 0.486 e. The molecule has 0 saturated heterocycles. The molecule has 0 saturated carbocycles. The van der Waals surface area contributed by atoms with Crippen LogP contribution in [0.4, 0.5) is 5.69 Å². The molecule has 8 heteroatoms. The minimum Gasteiger partial charge on any atom is -0.486 e.